The van der Waals surface area contributed by atoms with Gasteiger partial charge in [0.25, 0.3) is 0 Å². The number of nitrogens with one attached hydrogen (secondary N) is 1. The molecule has 2 bridgehead atoms. The van der Waals surface area contributed by atoms with Crippen LogP contribution in [0.15, 0.2) is 0 Å². The highest BCUT2D eigenvalue weighted by molar-refractivity contribution is 4.89. The summed E-state index contributed by atoms with van der Waals surface area (Å²) in [6, 6.07) is 1.65. The fourth-order valence-electron chi connectivity index (χ4n) is 2.30. The summed E-state index contributed by atoms with van der Waals surface area (Å²) in [6.45, 7) is 6.08. The molecule has 2 aliphatic heterocycles. The first-order chi connectivity index (χ1) is 5.38. The number of rotatable bonds is 1. The monoisotopic (exact) mass is 154 g/mol. The molecule has 0 aliphatic carbocycles. The van der Waals surface area contributed by atoms with Crippen molar-refractivity contribution in [3.8, 4) is 0 Å². The van der Waals surface area contributed by atoms with Crippen molar-refractivity contribution >= 4 is 0 Å². The molecule has 2 atom stereocenters. The largest absolute Gasteiger partial charge is 0.310 e. The molecule has 64 valence electrons. The fraction of sp³-hybridized carbons (Fsp3) is 1.00. The normalized spacial score (nSPS) is 39.0. The fourth-order valence-corrected chi connectivity index (χ4v) is 2.30. The lowest BCUT2D eigenvalue weighted by Crippen LogP contribution is -2.35. The Morgan fingerprint density at radius 2 is 2.09 bits per heavy atom. The van der Waals surface area contributed by atoms with Crippen LogP contribution in [0.1, 0.15) is 26.2 Å². The summed E-state index contributed by atoms with van der Waals surface area (Å²) >= 11 is 0. The minimum atomic E-state index is 0.808. The van der Waals surface area contributed by atoms with Gasteiger partial charge in [0, 0.05) is 18.6 Å². The van der Waals surface area contributed by atoms with Gasteiger partial charge in [0.2, 0.25) is 0 Å². The van der Waals surface area contributed by atoms with E-state index in [4.69, 9.17) is 0 Å². The summed E-state index contributed by atoms with van der Waals surface area (Å²) in [6.07, 6.45) is 4.19. The Kier molecular flexibility index (Phi) is 2.14. The Morgan fingerprint density at radius 3 is 2.91 bits per heavy atom. The van der Waals surface area contributed by atoms with Gasteiger partial charge in [-0.3, -0.25) is 0 Å². The van der Waals surface area contributed by atoms with E-state index in [2.05, 4.69) is 17.1 Å². The van der Waals surface area contributed by atoms with Crippen molar-refractivity contribution < 1.29 is 0 Å². The Labute approximate surface area is 69.0 Å². The molecule has 0 aromatic heterocycles. The molecule has 1 N–H and O–H groups in total. The third-order valence-corrected chi connectivity index (χ3v) is 3.05. The highest BCUT2D eigenvalue weighted by atomic mass is 15.2. The van der Waals surface area contributed by atoms with Gasteiger partial charge in [0.1, 0.15) is 0 Å². The standard InChI is InChI=1S/C9H18N2/c1-2-11-6-5-8-3-4-9(7-11)10-8/h8-10H,2-7H2,1H3/t8-,9+/m0/s1. The predicted octanol–water partition coefficient (Wildman–Crippen LogP) is 0.833. The van der Waals surface area contributed by atoms with Crippen LogP contribution in [0.25, 0.3) is 0 Å². The Morgan fingerprint density at radius 1 is 1.27 bits per heavy atom. The molecule has 2 rings (SSSR count). The average Bonchev–Trinajstić information content (AvgIpc) is 2.31. The molecule has 2 saturated heterocycles. The Bertz CT molecular complexity index is 136. The zero-order valence-electron chi connectivity index (χ0n) is 7.34. The molecule has 2 fully saturated rings. The van der Waals surface area contributed by atoms with Crippen molar-refractivity contribution in [2.24, 2.45) is 0 Å². The molecule has 11 heavy (non-hydrogen) atoms. The van der Waals surface area contributed by atoms with Crippen LogP contribution in [-0.4, -0.2) is 36.6 Å². The Balaban J connectivity index is 1.94. The number of likely N-dealkylation sites (tertiary alicyclic amines) is 1. The number of hydrogen-bond donors (Lipinski definition) is 1. The van der Waals surface area contributed by atoms with Gasteiger partial charge < -0.3 is 10.2 Å². The summed E-state index contributed by atoms with van der Waals surface area (Å²) in [5.74, 6) is 0. The van der Waals surface area contributed by atoms with Gasteiger partial charge in [-0.05, 0) is 32.4 Å². The van der Waals surface area contributed by atoms with E-state index in [1.807, 2.05) is 0 Å². The molecule has 2 heteroatoms. The topological polar surface area (TPSA) is 15.3 Å². The van der Waals surface area contributed by atoms with Crippen LogP contribution < -0.4 is 5.32 Å². The highest BCUT2D eigenvalue weighted by Gasteiger charge is 2.28. The predicted molar refractivity (Wildman–Crippen MR) is 46.7 cm³/mol. The van der Waals surface area contributed by atoms with E-state index in [1.165, 1.54) is 38.9 Å². The highest BCUT2D eigenvalue weighted by Crippen LogP contribution is 2.19. The lowest BCUT2D eigenvalue weighted by molar-refractivity contribution is 0.272. The van der Waals surface area contributed by atoms with E-state index < -0.39 is 0 Å². The van der Waals surface area contributed by atoms with Gasteiger partial charge in [-0.15, -0.1) is 0 Å². The first kappa shape index (κ1) is 7.56. The van der Waals surface area contributed by atoms with Crippen molar-refractivity contribution in [2.75, 3.05) is 19.6 Å². The van der Waals surface area contributed by atoms with E-state index in [0.29, 0.717) is 0 Å². The summed E-state index contributed by atoms with van der Waals surface area (Å²) < 4.78 is 0. The molecular weight excluding hydrogens is 136 g/mol. The van der Waals surface area contributed by atoms with Crippen LogP contribution in [0.3, 0.4) is 0 Å². The molecule has 0 aromatic rings. The molecule has 2 nitrogen and oxygen atoms in total. The van der Waals surface area contributed by atoms with E-state index in [9.17, 15) is 0 Å². The zero-order valence-corrected chi connectivity index (χ0v) is 7.34. The summed E-state index contributed by atoms with van der Waals surface area (Å²) in [7, 11) is 0. The quantitative estimate of drug-likeness (QED) is 0.602. The van der Waals surface area contributed by atoms with Gasteiger partial charge in [-0.25, -0.2) is 0 Å². The SMILES string of the molecule is CCN1CC[C@@H]2CC[C@H](C1)N2. The van der Waals surface area contributed by atoms with Gasteiger partial charge in [0.05, 0.1) is 0 Å². The molecule has 2 heterocycles. The summed E-state index contributed by atoms with van der Waals surface area (Å²) in [5, 5.41) is 3.68. The van der Waals surface area contributed by atoms with Crippen LogP contribution in [-0.2, 0) is 0 Å². The van der Waals surface area contributed by atoms with E-state index in [-0.39, 0.29) is 0 Å². The smallest absolute Gasteiger partial charge is 0.0198 e. The molecule has 0 radical (unpaired) electrons. The molecule has 0 saturated carbocycles. The van der Waals surface area contributed by atoms with Crippen molar-refractivity contribution in [3.05, 3.63) is 0 Å². The molecular formula is C9H18N2. The molecule has 2 aliphatic rings. The van der Waals surface area contributed by atoms with Crippen molar-refractivity contribution in [2.45, 2.75) is 38.3 Å². The molecule has 0 aromatic carbocycles. The van der Waals surface area contributed by atoms with E-state index in [1.54, 1.807) is 0 Å². The maximum absolute atomic E-state index is 3.68. The zero-order chi connectivity index (χ0) is 7.68. The van der Waals surface area contributed by atoms with Gasteiger partial charge in [-0.1, -0.05) is 6.92 Å². The number of hydrogen-bond acceptors (Lipinski definition) is 2. The van der Waals surface area contributed by atoms with Crippen molar-refractivity contribution in [3.63, 3.8) is 0 Å². The van der Waals surface area contributed by atoms with Crippen LogP contribution in [0.4, 0.5) is 0 Å². The van der Waals surface area contributed by atoms with Crippen LogP contribution in [0.5, 0.6) is 0 Å². The summed E-state index contributed by atoms with van der Waals surface area (Å²) in [5.41, 5.74) is 0. The van der Waals surface area contributed by atoms with Crippen molar-refractivity contribution in [1.82, 2.24) is 10.2 Å². The van der Waals surface area contributed by atoms with Crippen LogP contribution in [0.2, 0.25) is 0 Å². The second kappa shape index (κ2) is 3.11. The van der Waals surface area contributed by atoms with E-state index in [0.717, 1.165) is 12.1 Å². The summed E-state index contributed by atoms with van der Waals surface area (Å²) in [4.78, 5) is 2.57. The molecule has 0 unspecified atom stereocenters. The minimum Gasteiger partial charge on any atom is -0.310 e. The van der Waals surface area contributed by atoms with Gasteiger partial charge in [0.15, 0.2) is 0 Å². The maximum atomic E-state index is 3.68. The lowest BCUT2D eigenvalue weighted by Gasteiger charge is -2.21. The number of fused-ring (bicyclic) bond motifs is 2. The molecule has 0 amide bonds. The van der Waals surface area contributed by atoms with E-state index >= 15 is 0 Å². The van der Waals surface area contributed by atoms with Crippen molar-refractivity contribution in [1.29, 1.82) is 0 Å². The first-order valence-corrected chi connectivity index (χ1v) is 4.87. The number of likely N-dealkylation sites (N-methyl/N-ethyl adjacent to an activating group) is 1. The Hall–Kier alpha value is -0.0800. The third kappa shape index (κ3) is 1.57. The lowest BCUT2D eigenvalue weighted by atomic mass is 10.1. The maximum Gasteiger partial charge on any atom is 0.0198 e. The second-order valence-corrected chi connectivity index (χ2v) is 3.82. The minimum absolute atomic E-state index is 0.808. The number of nitrogens with zero attached hydrogens (tertiary/aromatic N) is 1. The van der Waals surface area contributed by atoms with Gasteiger partial charge >= 0.3 is 0 Å². The third-order valence-electron chi connectivity index (χ3n) is 3.05. The van der Waals surface area contributed by atoms with Gasteiger partial charge in [-0.2, -0.15) is 0 Å². The van der Waals surface area contributed by atoms with Crippen LogP contribution >= 0.6 is 0 Å². The van der Waals surface area contributed by atoms with Crippen LogP contribution in [0, 0.1) is 0 Å². The first-order valence-electron chi connectivity index (χ1n) is 4.87. The molecule has 0 spiro atoms. The average molecular weight is 154 g/mol. The second-order valence-electron chi connectivity index (χ2n) is 3.82.